The fraction of sp³-hybridized carbons (Fsp3) is 0.385. The van der Waals surface area contributed by atoms with Crippen LogP contribution in [0, 0.1) is 5.82 Å². The average molecular weight is 268 g/mol. The van der Waals surface area contributed by atoms with Crippen LogP contribution in [0.1, 0.15) is 30.6 Å². The third-order valence-corrected chi connectivity index (χ3v) is 3.04. The van der Waals surface area contributed by atoms with Gasteiger partial charge >= 0.3 is 5.97 Å². The number of carboxylic acids is 1. The average Bonchev–Trinajstić information content (AvgIpc) is 2.37. The highest BCUT2D eigenvalue weighted by Crippen LogP contribution is 2.21. The van der Waals surface area contributed by atoms with Crippen molar-refractivity contribution in [2.24, 2.45) is 0 Å². The van der Waals surface area contributed by atoms with Crippen molar-refractivity contribution in [3.8, 4) is 0 Å². The Labute approximate surface area is 110 Å². The van der Waals surface area contributed by atoms with E-state index in [1.807, 2.05) is 0 Å². The highest BCUT2D eigenvalue weighted by atomic mass is 19.1. The van der Waals surface area contributed by atoms with Gasteiger partial charge in [0.15, 0.2) is 0 Å². The Bertz CT molecular complexity index is 505. The molecule has 104 valence electrons. The van der Waals surface area contributed by atoms with Gasteiger partial charge in [-0.2, -0.15) is 0 Å². The number of rotatable bonds is 5. The highest BCUT2D eigenvalue weighted by molar-refractivity contribution is 5.94. The van der Waals surface area contributed by atoms with Crippen LogP contribution in [0.4, 0.5) is 10.1 Å². The van der Waals surface area contributed by atoms with Crippen molar-refractivity contribution in [3.05, 3.63) is 29.6 Å². The molecule has 5 nitrogen and oxygen atoms in total. The lowest BCUT2D eigenvalue weighted by Crippen LogP contribution is -2.42. The summed E-state index contributed by atoms with van der Waals surface area (Å²) < 4.78 is 13.7. The smallest absolute Gasteiger partial charge is 0.329 e. The van der Waals surface area contributed by atoms with Gasteiger partial charge in [0, 0.05) is 12.7 Å². The molecule has 1 atom stereocenters. The molecule has 1 amide bonds. The van der Waals surface area contributed by atoms with Gasteiger partial charge in [-0.3, -0.25) is 4.79 Å². The van der Waals surface area contributed by atoms with E-state index in [1.165, 1.54) is 26.1 Å². The number of nitrogens with one attached hydrogen (secondary N) is 2. The largest absolute Gasteiger partial charge is 0.480 e. The molecule has 6 heteroatoms. The molecule has 0 radical (unpaired) electrons. The standard InChI is InChI=1S/C13H17FN2O3/c1-4-13(2,12(18)19)16-8-5-6-9(10(14)7-8)11(17)15-3/h5-7,16H,4H2,1-3H3,(H,15,17)(H,18,19). The van der Waals surface area contributed by atoms with Crippen LogP contribution in [0.2, 0.25) is 0 Å². The molecule has 1 unspecified atom stereocenters. The molecule has 1 aromatic carbocycles. The molecule has 0 heterocycles. The molecule has 19 heavy (non-hydrogen) atoms. The van der Waals surface area contributed by atoms with Crippen LogP contribution in [0.5, 0.6) is 0 Å². The Morgan fingerprint density at radius 1 is 1.42 bits per heavy atom. The van der Waals surface area contributed by atoms with E-state index in [1.54, 1.807) is 6.92 Å². The van der Waals surface area contributed by atoms with Crippen LogP contribution in [0.25, 0.3) is 0 Å². The van der Waals surface area contributed by atoms with E-state index in [9.17, 15) is 14.0 Å². The van der Waals surface area contributed by atoms with E-state index < -0.39 is 23.2 Å². The number of hydrogen-bond donors (Lipinski definition) is 3. The summed E-state index contributed by atoms with van der Waals surface area (Å²) in [4.78, 5) is 22.5. The van der Waals surface area contributed by atoms with Crippen molar-refractivity contribution in [2.45, 2.75) is 25.8 Å². The van der Waals surface area contributed by atoms with Crippen LogP contribution >= 0.6 is 0 Å². The van der Waals surface area contributed by atoms with Crippen molar-refractivity contribution in [1.82, 2.24) is 5.32 Å². The number of amides is 1. The number of carbonyl (C=O) groups is 2. The van der Waals surface area contributed by atoms with E-state index in [2.05, 4.69) is 10.6 Å². The summed E-state index contributed by atoms with van der Waals surface area (Å²) in [6, 6.07) is 3.90. The third-order valence-electron chi connectivity index (χ3n) is 3.04. The van der Waals surface area contributed by atoms with Gasteiger partial charge in [0.25, 0.3) is 5.91 Å². The molecule has 0 spiro atoms. The number of carbonyl (C=O) groups excluding carboxylic acids is 1. The minimum absolute atomic E-state index is 0.0819. The quantitative estimate of drug-likeness (QED) is 0.761. The van der Waals surface area contributed by atoms with Crippen LogP contribution in [-0.4, -0.2) is 29.6 Å². The first-order chi connectivity index (χ1) is 8.84. The monoisotopic (exact) mass is 268 g/mol. The summed E-state index contributed by atoms with van der Waals surface area (Å²) in [6.07, 6.45) is 0.334. The summed E-state index contributed by atoms with van der Waals surface area (Å²) >= 11 is 0. The minimum atomic E-state index is -1.18. The molecule has 0 aromatic heterocycles. The summed E-state index contributed by atoms with van der Waals surface area (Å²) in [5.74, 6) is -2.25. The zero-order valence-corrected chi connectivity index (χ0v) is 11.1. The van der Waals surface area contributed by atoms with Gasteiger partial charge in [-0.25, -0.2) is 9.18 Å². The van der Waals surface area contributed by atoms with E-state index in [-0.39, 0.29) is 5.56 Å². The van der Waals surface area contributed by atoms with Crippen molar-refractivity contribution < 1.29 is 19.1 Å². The number of benzene rings is 1. The summed E-state index contributed by atoms with van der Waals surface area (Å²) in [6.45, 7) is 3.23. The van der Waals surface area contributed by atoms with E-state index in [4.69, 9.17) is 5.11 Å². The lowest BCUT2D eigenvalue weighted by Gasteiger charge is -2.26. The van der Waals surface area contributed by atoms with E-state index >= 15 is 0 Å². The fourth-order valence-corrected chi connectivity index (χ4v) is 1.52. The predicted molar refractivity (Wildman–Crippen MR) is 69.7 cm³/mol. The van der Waals surface area contributed by atoms with Crippen LogP contribution in [0.3, 0.4) is 0 Å². The molecule has 1 aromatic rings. The second kappa shape index (κ2) is 5.69. The van der Waals surface area contributed by atoms with Crippen molar-refractivity contribution >= 4 is 17.6 Å². The number of halogens is 1. The van der Waals surface area contributed by atoms with Crippen molar-refractivity contribution in [1.29, 1.82) is 0 Å². The first-order valence-electron chi connectivity index (χ1n) is 5.87. The Morgan fingerprint density at radius 2 is 2.05 bits per heavy atom. The first-order valence-corrected chi connectivity index (χ1v) is 5.87. The molecule has 3 N–H and O–H groups in total. The molecule has 0 aliphatic heterocycles. The Morgan fingerprint density at radius 3 is 2.47 bits per heavy atom. The first kappa shape index (κ1) is 14.9. The van der Waals surface area contributed by atoms with Crippen LogP contribution in [0.15, 0.2) is 18.2 Å². The SMILES string of the molecule is CCC(C)(Nc1ccc(C(=O)NC)c(F)c1)C(=O)O. The number of anilines is 1. The maximum absolute atomic E-state index is 13.7. The zero-order chi connectivity index (χ0) is 14.6. The molecule has 0 saturated heterocycles. The van der Waals surface area contributed by atoms with Gasteiger partial charge in [0.2, 0.25) is 0 Å². The third kappa shape index (κ3) is 3.21. The zero-order valence-electron chi connectivity index (χ0n) is 11.1. The Hall–Kier alpha value is -2.11. The molecular weight excluding hydrogens is 251 g/mol. The van der Waals surface area contributed by atoms with Gasteiger partial charge in [-0.1, -0.05) is 6.92 Å². The molecule has 0 bridgehead atoms. The number of carboxylic acid groups (broad SMARTS) is 1. The summed E-state index contributed by atoms with van der Waals surface area (Å²) in [7, 11) is 1.41. The second-order valence-electron chi connectivity index (χ2n) is 4.39. The van der Waals surface area contributed by atoms with Gasteiger partial charge < -0.3 is 15.7 Å². The van der Waals surface area contributed by atoms with Gasteiger partial charge in [-0.15, -0.1) is 0 Å². The van der Waals surface area contributed by atoms with Gasteiger partial charge in [0.1, 0.15) is 11.4 Å². The Balaban J connectivity index is 3.02. The molecule has 0 aliphatic carbocycles. The number of aliphatic carboxylic acids is 1. The Kier molecular flexibility index (Phi) is 4.47. The van der Waals surface area contributed by atoms with Crippen LogP contribution in [-0.2, 0) is 4.79 Å². The highest BCUT2D eigenvalue weighted by Gasteiger charge is 2.30. The predicted octanol–water partition coefficient (Wildman–Crippen LogP) is 1.85. The van der Waals surface area contributed by atoms with E-state index in [0.29, 0.717) is 12.1 Å². The number of hydrogen-bond acceptors (Lipinski definition) is 3. The topological polar surface area (TPSA) is 78.4 Å². The molecular formula is C13H17FN2O3. The van der Waals surface area contributed by atoms with E-state index in [0.717, 1.165) is 6.07 Å². The minimum Gasteiger partial charge on any atom is -0.480 e. The lowest BCUT2D eigenvalue weighted by molar-refractivity contribution is -0.141. The lowest BCUT2D eigenvalue weighted by atomic mass is 9.98. The van der Waals surface area contributed by atoms with Crippen molar-refractivity contribution in [2.75, 3.05) is 12.4 Å². The molecule has 0 aliphatic rings. The summed E-state index contributed by atoms with van der Waals surface area (Å²) in [5.41, 5.74) is -0.945. The fourth-order valence-electron chi connectivity index (χ4n) is 1.52. The molecule has 0 fully saturated rings. The van der Waals surface area contributed by atoms with Gasteiger partial charge in [-0.05, 0) is 31.5 Å². The van der Waals surface area contributed by atoms with Crippen LogP contribution < -0.4 is 10.6 Å². The molecule has 1 rings (SSSR count). The normalized spacial score (nSPS) is 13.5. The van der Waals surface area contributed by atoms with Gasteiger partial charge in [0.05, 0.1) is 5.56 Å². The molecule has 0 saturated carbocycles. The summed E-state index contributed by atoms with van der Waals surface area (Å²) in [5, 5.41) is 14.2. The van der Waals surface area contributed by atoms with Crippen molar-refractivity contribution in [3.63, 3.8) is 0 Å². The second-order valence-corrected chi connectivity index (χ2v) is 4.39. The maximum Gasteiger partial charge on any atom is 0.329 e. The maximum atomic E-state index is 13.7.